The maximum Gasteiger partial charge on any atom is 0.350 e. The van der Waals surface area contributed by atoms with E-state index in [1.165, 1.54) is 6.08 Å². The molecular formula is C35H40ClN7O4. The number of halogens is 1. The highest BCUT2D eigenvalue weighted by molar-refractivity contribution is 6.35. The van der Waals surface area contributed by atoms with Crippen LogP contribution in [0.25, 0.3) is 32.9 Å². The molecule has 2 bridgehead atoms. The number of anilines is 1. The molecule has 47 heavy (non-hydrogen) atoms. The highest BCUT2D eigenvalue weighted by Gasteiger charge is 2.39. The summed E-state index contributed by atoms with van der Waals surface area (Å²) in [5.41, 5.74) is 4.02. The molecule has 4 aromatic rings. The van der Waals surface area contributed by atoms with Crippen LogP contribution in [-0.4, -0.2) is 99.1 Å². The first kappa shape index (κ1) is 30.4. The van der Waals surface area contributed by atoms with Gasteiger partial charge in [0.05, 0.1) is 41.0 Å². The maximum absolute atomic E-state index is 14.2. The van der Waals surface area contributed by atoms with Crippen LogP contribution in [0.2, 0.25) is 5.02 Å². The summed E-state index contributed by atoms with van der Waals surface area (Å²) in [6, 6.07) is 6.13. The number of morpholine rings is 1. The van der Waals surface area contributed by atoms with Crippen molar-refractivity contribution < 1.29 is 14.3 Å². The molecule has 0 radical (unpaired) electrons. The van der Waals surface area contributed by atoms with E-state index in [-0.39, 0.29) is 29.7 Å². The van der Waals surface area contributed by atoms with Gasteiger partial charge in [-0.05, 0) is 70.4 Å². The second-order valence-corrected chi connectivity index (χ2v) is 14.0. The number of hydrogen-bond acceptors (Lipinski definition) is 8. The molecule has 1 N–H and O–H groups in total. The average Bonchev–Trinajstić information content (AvgIpc) is 3.82. The van der Waals surface area contributed by atoms with Crippen molar-refractivity contribution in [2.75, 3.05) is 44.3 Å². The summed E-state index contributed by atoms with van der Waals surface area (Å²) in [5, 5.41) is 9.60. The van der Waals surface area contributed by atoms with Crippen molar-refractivity contribution in [3.63, 3.8) is 0 Å². The maximum atomic E-state index is 14.2. The number of aromatic amines is 1. The third-order valence-electron chi connectivity index (χ3n) is 10.7. The van der Waals surface area contributed by atoms with Crippen molar-refractivity contribution in [1.82, 2.24) is 29.5 Å². The van der Waals surface area contributed by atoms with Gasteiger partial charge in [0.25, 0.3) is 0 Å². The first-order valence-corrected chi connectivity index (χ1v) is 17.0. The van der Waals surface area contributed by atoms with Gasteiger partial charge in [0.1, 0.15) is 12.4 Å². The van der Waals surface area contributed by atoms with Crippen molar-refractivity contribution in [1.29, 1.82) is 0 Å². The van der Waals surface area contributed by atoms with E-state index in [9.17, 15) is 9.59 Å². The van der Waals surface area contributed by atoms with Crippen LogP contribution in [0.4, 0.5) is 5.82 Å². The standard InChI is InChI=1S/C35H40ClN7O4/c1-5-29(44)41-14-21(4)42(15-20(41)3)34-25-12-27(36)31(30-19(2)8-9-28-26(30)13-37-39-28)33-32(25)43(35(45)38-34)22(17-47-33)7-6-10-40-16-24-11-23(40)18-46-24/h5,8-9,12-13,20-24H,1,6-7,10-11,14-18H2,2-4H3,(H,37,39)/t20-,21+,22-,23+,24+/m1/s1. The van der Waals surface area contributed by atoms with E-state index in [4.69, 9.17) is 26.1 Å². The Morgan fingerprint density at radius 1 is 1.15 bits per heavy atom. The Morgan fingerprint density at radius 2 is 2.00 bits per heavy atom. The fraction of sp³-hybridized carbons (Fsp3) is 0.486. The minimum atomic E-state index is -0.299. The molecule has 6 heterocycles. The number of carbonyl (C=O) groups excluding carboxylic acids is 1. The van der Waals surface area contributed by atoms with Crippen LogP contribution in [0.1, 0.15) is 44.7 Å². The molecule has 5 atom stereocenters. The average molecular weight is 658 g/mol. The van der Waals surface area contributed by atoms with Crippen LogP contribution in [-0.2, 0) is 9.53 Å². The third-order valence-corrected chi connectivity index (χ3v) is 11.0. The summed E-state index contributed by atoms with van der Waals surface area (Å²) in [6.45, 7) is 13.9. The molecule has 12 heteroatoms. The van der Waals surface area contributed by atoms with Crippen LogP contribution in [0.3, 0.4) is 0 Å². The number of ether oxygens (including phenoxy) is 2. The summed E-state index contributed by atoms with van der Waals surface area (Å²) in [6.07, 6.45) is 6.36. The van der Waals surface area contributed by atoms with Crippen LogP contribution in [0.15, 0.2) is 41.8 Å². The van der Waals surface area contributed by atoms with Gasteiger partial charge in [-0.2, -0.15) is 10.1 Å². The molecule has 1 amide bonds. The number of fused-ring (bicyclic) bond motifs is 3. The number of piperazine rings is 1. The molecule has 8 rings (SSSR count). The van der Waals surface area contributed by atoms with E-state index >= 15 is 0 Å². The number of carbonyl (C=O) groups is 1. The number of nitrogens with zero attached hydrogens (tertiary/aromatic N) is 6. The topological polar surface area (TPSA) is 109 Å². The van der Waals surface area contributed by atoms with E-state index in [0.717, 1.165) is 71.9 Å². The number of likely N-dealkylation sites (tertiary alicyclic amines) is 1. The van der Waals surface area contributed by atoms with Crippen molar-refractivity contribution in [3.8, 4) is 16.9 Å². The smallest absolute Gasteiger partial charge is 0.350 e. The molecule has 0 aliphatic carbocycles. The SMILES string of the molecule is C=CC(=O)N1C[C@H](C)N(c2nc(=O)n3c4c(c(-c5c(C)ccc6[nH]ncc56)c(Cl)cc24)OC[C@H]3CCCN2C[C@@H]3C[C@H]2CO3)C[C@H]1C. The number of amides is 1. The lowest BCUT2D eigenvalue weighted by atomic mass is 9.93. The molecule has 4 aliphatic heterocycles. The number of aryl methyl sites for hydroxylation is 1. The van der Waals surface area contributed by atoms with Crippen molar-refractivity contribution in [3.05, 3.63) is 58.1 Å². The Morgan fingerprint density at radius 3 is 2.77 bits per heavy atom. The summed E-state index contributed by atoms with van der Waals surface area (Å²) in [4.78, 5) is 38.1. The molecular weight excluding hydrogens is 618 g/mol. The van der Waals surface area contributed by atoms with E-state index in [0.29, 0.717) is 53.9 Å². The number of rotatable bonds is 7. The Labute approximate surface area is 278 Å². The van der Waals surface area contributed by atoms with Gasteiger partial charge in [-0.1, -0.05) is 24.2 Å². The molecule has 2 aromatic heterocycles. The second-order valence-electron chi connectivity index (χ2n) is 13.6. The largest absolute Gasteiger partial charge is 0.488 e. The normalized spacial score (nSPS) is 25.6. The number of hydrogen-bond donors (Lipinski definition) is 1. The molecule has 4 aliphatic rings. The Bertz CT molecular complexity index is 1970. The van der Waals surface area contributed by atoms with Crippen LogP contribution >= 0.6 is 11.6 Å². The molecule has 3 saturated heterocycles. The molecule has 0 spiro atoms. The van der Waals surface area contributed by atoms with Gasteiger partial charge < -0.3 is 19.3 Å². The number of benzene rings is 2. The highest BCUT2D eigenvalue weighted by Crippen LogP contribution is 2.49. The second kappa shape index (κ2) is 11.6. The van der Waals surface area contributed by atoms with Gasteiger partial charge in [-0.25, -0.2) is 4.79 Å². The molecule has 246 valence electrons. The zero-order valence-corrected chi connectivity index (χ0v) is 27.8. The van der Waals surface area contributed by atoms with E-state index in [1.807, 2.05) is 40.8 Å². The van der Waals surface area contributed by atoms with Crippen LogP contribution in [0.5, 0.6) is 5.75 Å². The van der Waals surface area contributed by atoms with Crippen molar-refractivity contribution >= 4 is 45.1 Å². The monoisotopic (exact) mass is 657 g/mol. The fourth-order valence-corrected chi connectivity index (χ4v) is 8.60. The summed E-state index contributed by atoms with van der Waals surface area (Å²) >= 11 is 7.24. The number of aromatic nitrogens is 4. The third kappa shape index (κ3) is 4.93. The summed E-state index contributed by atoms with van der Waals surface area (Å²) < 4.78 is 14.4. The minimum Gasteiger partial charge on any atom is -0.488 e. The Kier molecular flexibility index (Phi) is 7.53. The number of H-pyrrole nitrogens is 1. The first-order chi connectivity index (χ1) is 22.7. The molecule has 3 fully saturated rings. The van der Waals surface area contributed by atoms with E-state index in [1.54, 1.807) is 0 Å². The quantitative estimate of drug-likeness (QED) is 0.285. The zero-order valence-electron chi connectivity index (χ0n) is 27.0. The predicted octanol–water partition coefficient (Wildman–Crippen LogP) is 4.70. The van der Waals surface area contributed by atoms with Crippen molar-refractivity contribution in [2.45, 2.75) is 70.3 Å². The van der Waals surface area contributed by atoms with E-state index in [2.05, 4.69) is 40.4 Å². The van der Waals surface area contributed by atoms with Crippen LogP contribution in [0, 0.1) is 6.92 Å². The lowest BCUT2D eigenvalue weighted by Gasteiger charge is -2.45. The predicted molar refractivity (Wildman–Crippen MR) is 183 cm³/mol. The van der Waals surface area contributed by atoms with Gasteiger partial charge in [0.2, 0.25) is 5.91 Å². The lowest BCUT2D eigenvalue weighted by molar-refractivity contribution is -0.128. The Hall–Kier alpha value is -3.93. The van der Waals surface area contributed by atoms with Crippen LogP contribution < -0.4 is 15.3 Å². The Balaban J connectivity index is 1.25. The summed E-state index contributed by atoms with van der Waals surface area (Å²) in [5.74, 6) is 1.06. The van der Waals surface area contributed by atoms with Crippen molar-refractivity contribution in [2.24, 2.45) is 0 Å². The van der Waals surface area contributed by atoms with Gasteiger partial charge in [0, 0.05) is 59.7 Å². The fourth-order valence-electron chi connectivity index (χ4n) is 8.31. The van der Waals surface area contributed by atoms with Gasteiger partial charge in [-0.3, -0.25) is 19.4 Å². The van der Waals surface area contributed by atoms with Gasteiger partial charge >= 0.3 is 5.69 Å². The van der Waals surface area contributed by atoms with Gasteiger partial charge in [-0.15, -0.1) is 0 Å². The lowest BCUT2D eigenvalue weighted by Crippen LogP contribution is -2.58. The molecule has 2 aromatic carbocycles. The van der Waals surface area contributed by atoms with Gasteiger partial charge in [0.15, 0.2) is 5.75 Å². The van der Waals surface area contributed by atoms with E-state index < -0.39 is 0 Å². The molecule has 11 nitrogen and oxygen atoms in total. The number of nitrogens with one attached hydrogen (secondary N) is 1. The highest BCUT2D eigenvalue weighted by atomic mass is 35.5. The zero-order chi connectivity index (χ0) is 32.6. The minimum absolute atomic E-state index is 0.0932. The molecule has 0 unspecified atom stereocenters. The molecule has 0 saturated carbocycles. The first-order valence-electron chi connectivity index (χ1n) is 16.6. The summed E-state index contributed by atoms with van der Waals surface area (Å²) in [7, 11) is 0.